The van der Waals surface area contributed by atoms with E-state index in [4.69, 9.17) is 16.3 Å². The molecule has 0 aromatic heterocycles. The fraction of sp³-hybridized carbons (Fsp3) is 0.235. The highest BCUT2D eigenvalue weighted by Crippen LogP contribution is 2.20. The third-order valence-electron chi connectivity index (χ3n) is 3.17. The first-order valence-electron chi connectivity index (χ1n) is 6.73. The van der Waals surface area contributed by atoms with Crippen molar-refractivity contribution in [1.29, 1.82) is 0 Å². The Kier molecular flexibility index (Phi) is 5.23. The Bertz CT molecular complexity index is 640. The van der Waals surface area contributed by atoms with E-state index < -0.39 is 0 Å². The standard InChI is InChI=1S/C17H18ClNO2/c1-12-6-7-16(21-2)14(8-12)10-17(20)19-11-13-4-3-5-15(18)9-13/h3-9H,10-11H2,1-2H3,(H,19,20). The number of nitrogens with one attached hydrogen (secondary N) is 1. The van der Waals surface area contributed by atoms with E-state index in [9.17, 15) is 4.79 Å². The highest BCUT2D eigenvalue weighted by molar-refractivity contribution is 6.30. The molecular formula is C17H18ClNO2. The van der Waals surface area contributed by atoms with Crippen LogP contribution in [0.25, 0.3) is 0 Å². The molecule has 0 unspecified atom stereocenters. The Balaban J connectivity index is 1.97. The molecule has 21 heavy (non-hydrogen) atoms. The number of methoxy groups -OCH3 is 1. The first-order chi connectivity index (χ1) is 10.1. The highest BCUT2D eigenvalue weighted by Gasteiger charge is 2.09. The molecule has 3 nitrogen and oxygen atoms in total. The second kappa shape index (κ2) is 7.14. The van der Waals surface area contributed by atoms with Crippen molar-refractivity contribution in [2.24, 2.45) is 0 Å². The molecule has 1 amide bonds. The summed E-state index contributed by atoms with van der Waals surface area (Å²) in [7, 11) is 1.61. The van der Waals surface area contributed by atoms with Crippen molar-refractivity contribution in [3.05, 3.63) is 64.2 Å². The van der Waals surface area contributed by atoms with Gasteiger partial charge in [-0.25, -0.2) is 0 Å². The third-order valence-corrected chi connectivity index (χ3v) is 3.40. The number of benzene rings is 2. The first kappa shape index (κ1) is 15.4. The fourth-order valence-electron chi connectivity index (χ4n) is 2.13. The van der Waals surface area contributed by atoms with Crippen LogP contribution in [0.2, 0.25) is 5.02 Å². The minimum absolute atomic E-state index is 0.0427. The van der Waals surface area contributed by atoms with Gasteiger partial charge in [-0.15, -0.1) is 0 Å². The van der Waals surface area contributed by atoms with Gasteiger partial charge in [-0.2, -0.15) is 0 Å². The maximum atomic E-state index is 12.1. The maximum absolute atomic E-state index is 12.1. The van der Waals surface area contributed by atoms with E-state index in [1.54, 1.807) is 7.11 Å². The number of halogens is 1. The van der Waals surface area contributed by atoms with Crippen LogP contribution in [0.5, 0.6) is 5.75 Å². The topological polar surface area (TPSA) is 38.3 Å². The van der Waals surface area contributed by atoms with Crippen LogP contribution >= 0.6 is 11.6 Å². The summed E-state index contributed by atoms with van der Waals surface area (Å²) in [6, 6.07) is 13.3. The molecule has 0 saturated carbocycles. The third kappa shape index (κ3) is 4.50. The van der Waals surface area contributed by atoms with E-state index in [1.807, 2.05) is 49.4 Å². The number of hydrogen-bond acceptors (Lipinski definition) is 2. The van der Waals surface area contributed by atoms with Gasteiger partial charge in [0.2, 0.25) is 5.91 Å². The van der Waals surface area contributed by atoms with Gasteiger partial charge in [-0.1, -0.05) is 41.4 Å². The number of aryl methyl sites for hydroxylation is 1. The van der Waals surface area contributed by atoms with Crippen molar-refractivity contribution in [2.45, 2.75) is 19.9 Å². The van der Waals surface area contributed by atoms with E-state index in [-0.39, 0.29) is 5.91 Å². The van der Waals surface area contributed by atoms with Crippen LogP contribution in [0.15, 0.2) is 42.5 Å². The summed E-state index contributed by atoms with van der Waals surface area (Å²) in [5, 5.41) is 3.56. The summed E-state index contributed by atoms with van der Waals surface area (Å²) in [6.45, 7) is 2.46. The summed E-state index contributed by atoms with van der Waals surface area (Å²) in [4.78, 5) is 12.1. The van der Waals surface area contributed by atoms with Gasteiger partial charge in [-0.3, -0.25) is 4.79 Å². The lowest BCUT2D eigenvalue weighted by Gasteiger charge is -2.10. The molecule has 4 heteroatoms. The zero-order valence-corrected chi connectivity index (χ0v) is 12.9. The van der Waals surface area contributed by atoms with Crippen LogP contribution in [0.1, 0.15) is 16.7 Å². The van der Waals surface area contributed by atoms with Gasteiger partial charge in [0, 0.05) is 17.1 Å². The van der Waals surface area contributed by atoms with Gasteiger partial charge in [0.05, 0.1) is 13.5 Å². The second-order valence-electron chi connectivity index (χ2n) is 4.90. The molecule has 0 fully saturated rings. The molecule has 2 aromatic carbocycles. The molecule has 110 valence electrons. The number of rotatable bonds is 5. The Morgan fingerprint density at radius 1 is 1.24 bits per heavy atom. The van der Waals surface area contributed by atoms with Crippen LogP contribution in [0.4, 0.5) is 0 Å². The van der Waals surface area contributed by atoms with Crippen LogP contribution in [0.3, 0.4) is 0 Å². The summed E-state index contributed by atoms with van der Waals surface area (Å²) < 4.78 is 5.28. The van der Waals surface area contributed by atoms with Crippen LogP contribution < -0.4 is 10.1 Å². The van der Waals surface area contributed by atoms with Crippen molar-refractivity contribution >= 4 is 17.5 Å². The molecule has 2 aromatic rings. The lowest BCUT2D eigenvalue weighted by molar-refractivity contribution is -0.120. The molecule has 0 radical (unpaired) electrons. The highest BCUT2D eigenvalue weighted by atomic mass is 35.5. The van der Waals surface area contributed by atoms with Crippen molar-refractivity contribution in [2.75, 3.05) is 7.11 Å². The smallest absolute Gasteiger partial charge is 0.224 e. The molecule has 0 bridgehead atoms. The lowest BCUT2D eigenvalue weighted by atomic mass is 10.1. The molecule has 0 saturated heterocycles. The van der Waals surface area contributed by atoms with E-state index in [0.717, 1.165) is 22.4 Å². The monoisotopic (exact) mass is 303 g/mol. The summed E-state index contributed by atoms with van der Waals surface area (Å²) in [5.74, 6) is 0.692. The van der Waals surface area contributed by atoms with Crippen molar-refractivity contribution in [3.8, 4) is 5.75 Å². The summed E-state index contributed by atoms with van der Waals surface area (Å²) in [5.41, 5.74) is 2.97. The van der Waals surface area contributed by atoms with E-state index in [0.29, 0.717) is 18.0 Å². The largest absolute Gasteiger partial charge is 0.496 e. The number of amides is 1. The van der Waals surface area contributed by atoms with Gasteiger partial charge in [0.1, 0.15) is 5.75 Å². The predicted octanol–water partition coefficient (Wildman–Crippen LogP) is 3.52. The zero-order chi connectivity index (χ0) is 15.2. The minimum Gasteiger partial charge on any atom is -0.496 e. The van der Waals surface area contributed by atoms with Gasteiger partial charge in [0.25, 0.3) is 0 Å². The summed E-state index contributed by atoms with van der Waals surface area (Å²) >= 11 is 5.92. The number of carbonyl (C=O) groups excluding carboxylic acids is 1. The van der Waals surface area contributed by atoms with E-state index >= 15 is 0 Å². The molecule has 1 N–H and O–H groups in total. The van der Waals surface area contributed by atoms with Gasteiger partial charge in [-0.05, 0) is 30.7 Å². The molecular weight excluding hydrogens is 286 g/mol. The maximum Gasteiger partial charge on any atom is 0.224 e. The normalized spacial score (nSPS) is 10.2. The van der Waals surface area contributed by atoms with Crippen LogP contribution in [-0.4, -0.2) is 13.0 Å². The first-order valence-corrected chi connectivity index (χ1v) is 7.11. The van der Waals surface area contributed by atoms with Crippen LogP contribution in [-0.2, 0) is 17.8 Å². The Labute approximate surface area is 129 Å². The predicted molar refractivity (Wildman–Crippen MR) is 84.7 cm³/mol. The van der Waals surface area contributed by atoms with Crippen molar-refractivity contribution < 1.29 is 9.53 Å². The number of hydrogen-bond donors (Lipinski definition) is 1. The average molecular weight is 304 g/mol. The Morgan fingerprint density at radius 2 is 2.05 bits per heavy atom. The Hall–Kier alpha value is -2.00. The van der Waals surface area contributed by atoms with Crippen LogP contribution in [0, 0.1) is 6.92 Å². The van der Waals surface area contributed by atoms with Crippen molar-refractivity contribution in [1.82, 2.24) is 5.32 Å². The SMILES string of the molecule is COc1ccc(C)cc1CC(=O)NCc1cccc(Cl)c1. The molecule has 0 aliphatic heterocycles. The van der Waals surface area contributed by atoms with Gasteiger partial charge >= 0.3 is 0 Å². The number of carbonyl (C=O) groups is 1. The van der Waals surface area contributed by atoms with Gasteiger partial charge in [0.15, 0.2) is 0 Å². The Morgan fingerprint density at radius 3 is 2.76 bits per heavy atom. The molecule has 0 atom stereocenters. The van der Waals surface area contributed by atoms with E-state index in [2.05, 4.69) is 5.32 Å². The second-order valence-corrected chi connectivity index (χ2v) is 5.34. The summed E-state index contributed by atoms with van der Waals surface area (Å²) in [6.07, 6.45) is 0.297. The zero-order valence-electron chi connectivity index (χ0n) is 12.2. The molecule has 0 spiro atoms. The lowest BCUT2D eigenvalue weighted by Crippen LogP contribution is -2.24. The quantitative estimate of drug-likeness (QED) is 0.918. The molecule has 0 aliphatic carbocycles. The fourth-order valence-corrected chi connectivity index (χ4v) is 2.34. The number of ether oxygens (including phenoxy) is 1. The molecule has 0 heterocycles. The minimum atomic E-state index is -0.0427. The van der Waals surface area contributed by atoms with Gasteiger partial charge < -0.3 is 10.1 Å². The van der Waals surface area contributed by atoms with Crippen molar-refractivity contribution in [3.63, 3.8) is 0 Å². The average Bonchev–Trinajstić information content (AvgIpc) is 2.45. The molecule has 0 aliphatic rings. The molecule has 2 rings (SSSR count). The van der Waals surface area contributed by atoms with E-state index in [1.165, 1.54) is 0 Å².